The van der Waals surface area contributed by atoms with E-state index in [4.69, 9.17) is 9.47 Å². The Bertz CT molecular complexity index is 986. The zero-order valence-electron chi connectivity index (χ0n) is 18.2. The molecule has 164 valence electrons. The van der Waals surface area contributed by atoms with Gasteiger partial charge in [0.15, 0.2) is 19.0 Å². The summed E-state index contributed by atoms with van der Waals surface area (Å²) in [4.78, 5) is 38.7. The van der Waals surface area contributed by atoms with Crippen LogP contribution in [0.4, 0.5) is 5.69 Å². The van der Waals surface area contributed by atoms with Crippen LogP contribution >= 0.6 is 0 Å². The molecule has 2 amide bonds. The van der Waals surface area contributed by atoms with Crippen LogP contribution in [-0.4, -0.2) is 43.9 Å². The van der Waals surface area contributed by atoms with Gasteiger partial charge in [-0.3, -0.25) is 19.3 Å². The van der Waals surface area contributed by atoms with Gasteiger partial charge < -0.3 is 14.8 Å². The molecule has 0 saturated carbocycles. The lowest BCUT2D eigenvalue weighted by atomic mass is 10.1. The molecule has 2 aromatic rings. The Morgan fingerprint density at radius 2 is 1.94 bits per heavy atom. The van der Waals surface area contributed by atoms with E-state index in [0.717, 1.165) is 24.0 Å². The Balaban J connectivity index is 1.71. The molecule has 0 aliphatic carbocycles. The second-order valence-electron chi connectivity index (χ2n) is 7.61. The minimum absolute atomic E-state index is 0.115. The molecule has 0 radical (unpaired) electrons. The van der Waals surface area contributed by atoms with Crippen molar-refractivity contribution in [2.24, 2.45) is 0 Å². The Hall–Kier alpha value is -3.35. The molecule has 1 aliphatic heterocycles. The summed E-state index contributed by atoms with van der Waals surface area (Å²) in [6, 6.07) is 10.5. The first-order chi connectivity index (χ1) is 14.9. The number of carbonyl (C=O) groups excluding carboxylic acids is 3. The van der Waals surface area contributed by atoms with E-state index < -0.39 is 0 Å². The molecule has 7 heteroatoms. The topological polar surface area (TPSA) is 84.9 Å². The highest BCUT2D eigenvalue weighted by Crippen LogP contribution is 2.33. The Morgan fingerprint density at radius 3 is 2.68 bits per heavy atom. The number of carbonyl (C=O) groups is 3. The van der Waals surface area contributed by atoms with Crippen LogP contribution in [-0.2, 0) is 9.59 Å². The van der Waals surface area contributed by atoms with Crippen LogP contribution in [0, 0.1) is 13.8 Å². The quantitative estimate of drug-likeness (QED) is 0.494. The van der Waals surface area contributed by atoms with E-state index in [1.807, 2.05) is 39.0 Å². The van der Waals surface area contributed by atoms with Gasteiger partial charge in [0.1, 0.15) is 18.0 Å². The Labute approximate surface area is 182 Å². The van der Waals surface area contributed by atoms with Gasteiger partial charge in [0, 0.05) is 12.1 Å². The maximum Gasteiger partial charge on any atom is 0.265 e. The number of ether oxygens (including phenoxy) is 2. The third-order valence-electron chi connectivity index (χ3n) is 5.23. The monoisotopic (exact) mass is 424 g/mol. The molecule has 31 heavy (non-hydrogen) atoms. The van der Waals surface area contributed by atoms with Gasteiger partial charge in [-0.15, -0.1) is 0 Å². The second-order valence-corrected chi connectivity index (χ2v) is 7.61. The van der Waals surface area contributed by atoms with Crippen molar-refractivity contribution in [3.63, 3.8) is 0 Å². The first-order valence-electron chi connectivity index (χ1n) is 10.5. The van der Waals surface area contributed by atoms with Crippen LogP contribution in [0.15, 0.2) is 36.4 Å². The fraction of sp³-hybridized carbons (Fsp3) is 0.375. The van der Waals surface area contributed by atoms with E-state index in [-0.39, 0.29) is 37.4 Å². The lowest BCUT2D eigenvalue weighted by Gasteiger charge is -2.29. The summed E-state index contributed by atoms with van der Waals surface area (Å²) in [6.45, 7) is 6.21. The summed E-state index contributed by atoms with van der Waals surface area (Å²) >= 11 is 0. The van der Waals surface area contributed by atoms with Crippen LogP contribution in [0.2, 0.25) is 0 Å². The number of anilines is 1. The number of benzene rings is 2. The highest BCUT2D eigenvalue weighted by atomic mass is 16.5. The van der Waals surface area contributed by atoms with Gasteiger partial charge in [-0.2, -0.15) is 0 Å². The number of Topliss-reactive ketones (excluding diaryl/α,β-unsaturated/α-hetero) is 1. The van der Waals surface area contributed by atoms with E-state index in [1.54, 1.807) is 18.2 Å². The number of amides is 2. The molecule has 1 N–H and O–H groups in total. The second kappa shape index (κ2) is 10.1. The first kappa shape index (κ1) is 22.3. The van der Waals surface area contributed by atoms with E-state index >= 15 is 0 Å². The highest BCUT2D eigenvalue weighted by Gasteiger charge is 2.28. The van der Waals surface area contributed by atoms with E-state index in [2.05, 4.69) is 5.32 Å². The van der Waals surface area contributed by atoms with Gasteiger partial charge >= 0.3 is 0 Å². The molecule has 2 aromatic carbocycles. The Morgan fingerprint density at radius 1 is 1.13 bits per heavy atom. The van der Waals surface area contributed by atoms with E-state index in [1.165, 1.54) is 4.90 Å². The van der Waals surface area contributed by atoms with Crippen LogP contribution in [0.5, 0.6) is 11.5 Å². The van der Waals surface area contributed by atoms with Crippen LogP contribution in [0.25, 0.3) is 0 Å². The molecule has 0 aromatic heterocycles. The van der Waals surface area contributed by atoms with Crippen molar-refractivity contribution in [1.82, 2.24) is 5.32 Å². The number of ketones is 1. The zero-order chi connectivity index (χ0) is 22.4. The van der Waals surface area contributed by atoms with Crippen molar-refractivity contribution in [2.75, 3.05) is 31.2 Å². The predicted octanol–water partition coefficient (Wildman–Crippen LogP) is 3.21. The number of rotatable bonds is 9. The summed E-state index contributed by atoms with van der Waals surface area (Å²) in [5.41, 5.74) is 3.04. The van der Waals surface area contributed by atoms with Crippen molar-refractivity contribution in [3.8, 4) is 11.5 Å². The number of unbranched alkanes of at least 4 members (excludes halogenated alkanes) is 1. The molecule has 0 unspecified atom stereocenters. The van der Waals surface area contributed by atoms with Crippen LogP contribution in [0.1, 0.15) is 41.3 Å². The van der Waals surface area contributed by atoms with Crippen LogP contribution in [0.3, 0.4) is 0 Å². The molecule has 3 rings (SSSR count). The van der Waals surface area contributed by atoms with Crippen LogP contribution < -0.4 is 19.7 Å². The summed E-state index contributed by atoms with van der Waals surface area (Å²) < 4.78 is 11.1. The number of aryl methyl sites for hydroxylation is 2. The summed E-state index contributed by atoms with van der Waals surface area (Å²) in [7, 11) is 0. The number of nitrogens with one attached hydrogen (secondary N) is 1. The lowest BCUT2D eigenvalue weighted by molar-refractivity contribution is -0.125. The third kappa shape index (κ3) is 5.63. The largest absolute Gasteiger partial charge is 0.485 e. The van der Waals surface area contributed by atoms with Gasteiger partial charge in [-0.25, -0.2) is 0 Å². The summed E-state index contributed by atoms with van der Waals surface area (Å²) in [6.07, 6.45) is 1.84. The number of hydrogen-bond acceptors (Lipinski definition) is 5. The van der Waals surface area contributed by atoms with Gasteiger partial charge in [0.2, 0.25) is 5.91 Å². The van der Waals surface area contributed by atoms with Crippen molar-refractivity contribution in [1.29, 1.82) is 0 Å². The molecule has 0 fully saturated rings. The average Bonchev–Trinajstić information content (AvgIpc) is 2.76. The molecule has 0 spiro atoms. The number of fused-ring (bicyclic) bond motifs is 1. The summed E-state index contributed by atoms with van der Waals surface area (Å²) in [5.74, 6) is 0.288. The molecule has 0 saturated heterocycles. The van der Waals surface area contributed by atoms with Crippen molar-refractivity contribution in [3.05, 3.63) is 53.1 Å². The number of nitrogens with zero attached hydrogens (tertiary/aromatic N) is 1. The van der Waals surface area contributed by atoms with Gasteiger partial charge in [-0.05, 0) is 61.7 Å². The molecule has 0 bridgehead atoms. The molecule has 1 heterocycles. The fourth-order valence-corrected chi connectivity index (χ4v) is 3.19. The Kier molecular flexibility index (Phi) is 7.28. The van der Waals surface area contributed by atoms with Gasteiger partial charge in [0.25, 0.3) is 5.91 Å². The van der Waals surface area contributed by atoms with Gasteiger partial charge in [0.05, 0.1) is 5.69 Å². The average molecular weight is 424 g/mol. The molecule has 0 atom stereocenters. The fourth-order valence-electron chi connectivity index (χ4n) is 3.19. The molecule has 7 nitrogen and oxygen atoms in total. The summed E-state index contributed by atoms with van der Waals surface area (Å²) in [5, 5.41) is 2.81. The minimum atomic E-state index is -0.325. The minimum Gasteiger partial charge on any atom is -0.485 e. The maximum absolute atomic E-state index is 12.7. The van der Waals surface area contributed by atoms with Crippen molar-refractivity contribution < 1.29 is 23.9 Å². The number of hydrogen-bond donors (Lipinski definition) is 1. The van der Waals surface area contributed by atoms with Crippen molar-refractivity contribution in [2.45, 2.75) is 33.6 Å². The molecular weight excluding hydrogens is 396 g/mol. The molecule has 1 aliphatic rings. The standard InChI is InChI=1S/C24H28N2O5/c1-4-5-10-25-23(28)13-26-20-12-18(7-9-22(20)31-15-24(26)29)21(27)14-30-19-8-6-16(2)17(3)11-19/h6-9,11-12H,4-5,10,13-15H2,1-3H3,(H,25,28). The zero-order valence-corrected chi connectivity index (χ0v) is 18.2. The van der Waals surface area contributed by atoms with Crippen molar-refractivity contribution >= 4 is 23.3 Å². The van der Waals surface area contributed by atoms with E-state index in [0.29, 0.717) is 29.3 Å². The first-order valence-corrected chi connectivity index (χ1v) is 10.5. The third-order valence-corrected chi connectivity index (χ3v) is 5.23. The lowest BCUT2D eigenvalue weighted by Crippen LogP contribution is -2.45. The normalized spacial score (nSPS) is 12.7. The SMILES string of the molecule is CCCCNC(=O)CN1C(=O)COc2ccc(C(=O)COc3ccc(C)c(C)c3)cc21. The maximum atomic E-state index is 12.7. The van der Waals surface area contributed by atoms with Gasteiger partial charge in [-0.1, -0.05) is 19.4 Å². The smallest absolute Gasteiger partial charge is 0.265 e. The highest BCUT2D eigenvalue weighted by molar-refractivity contribution is 6.04. The predicted molar refractivity (Wildman–Crippen MR) is 118 cm³/mol. The van der Waals surface area contributed by atoms with E-state index in [9.17, 15) is 14.4 Å². The molecular formula is C24H28N2O5.